The number of nitrogens with zero attached hydrogens (tertiary/aromatic N) is 3. The number of phenols is 1. The van der Waals surface area contributed by atoms with E-state index in [2.05, 4.69) is 15.2 Å². The van der Waals surface area contributed by atoms with Gasteiger partial charge in [-0.2, -0.15) is 10.2 Å². The Kier molecular flexibility index (Phi) is 2.44. The van der Waals surface area contributed by atoms with Gasteiger partial charge in [0.05, 0.1) is 11.2 Å². The summed E-state index contributed by atoms with van der Waals surface area (Å²) in [7, 11) is 1.88. The van der Waals surface area contributed by atoms with Crippen molar-refractivity contribution in [3.05, 3.63) is 42.6 Å². The number of benzene rings is 1. The predicted molar refractivity (Wildman–Crippen MR) is 72.6 cm³/mol. The summed E-state index contributed by atoms with van der Waals surface area (Å²) in [4.78, 5) is 4.19. The van der Waals surface area contributed by atoms with Crippen molar-refractivity contribution in [1.82, 2.24) is 15.2 Å². The van der Waals surface area contributed by atoms with Gasteiger partial charge in [0.15, 0.2) is 7.85 Å². The van der Waals surface area contributed by atoms with Crippen LogP contribution in [0.1, 0.15) is 0 Å². The highest BCUT2D eigenvalue weighted by molar-refractivity contribution is 6.30. The fourth-order valence-corrected chi connectivity index (χ4v) is 1.86. The molecule has 0 bridgehead atoms. The molecular weight excluding hydrogens is 225 g/mol. The molecule has 0 spiro atoms. The molecule has 3 aromatic rings. The Balaban J connectivity index is 2.22. The molecule has 5 heteroatoms. The summed E-state index contributed by atoms with van der Waals surface area (Å²) in [5, 5.41) is 19.1. The second-order valence-corrected chi connectivity index (χ2v) is 4.13. The number of hydrogen-bond acceptors (Lipinski definition) is 4. The van der Waals surface area contributed by atoms with Crippen LogP contribution in [0.3, 0.4) is 0 Å². The van der Waals surface area contributed by atoms with Crippen molar-refractivity contribution in [1.29, 1.82) is 0 Å². The number of rotatable bonds is 1. The number of phenolic OH excluding ortho intramolecular Hbond substituents is 1. The third-order valence-corrected chi connectivity index (χ3v) is 2.79. The standard InChI is InChI=1S/C13H10BN3O/c14-13-4-3-10(16-17-13)9-6-8-2-1-5-15-11(8)7-12(9)18/h1-7,18H,14H2. The van der Waals surface area contributed by atoms with Crippen LogP contribution in [0.4, 0.5) is 0 Å². The Bertz CT molecular complexity index is 713. The Morgan fingerprint density at radius 1 is 1.06 bits per heavy atom. The zero-order chi connectivity index (χ0) is 12.5. The molecule has 0 atom stereocenters. The number of pyridine rings is 1. The van der Waals surface area contributed by atoms with Crippen molar-refractivity contribution in [3.63, 3.8) is 0 Å². The number of aromatic hydroxyl groups is 1. The van der Waals surface area contributed by atoms with Gasteiger partial charge in [0.2, 0.25) is 0 Å². The van der Waals surface area contributed by atoms with Crippen molar-refractivity contribution >= 4 is 24.3 Å². The van der Waals surface area contributed by atoms with E-state index in [0.29, 0.717) is 11.3 Å². The number of aromatic nitrogens is 3. The highest BCUT2D eigenvalue weighted by atomic mass is 16.3. The average Bonchev–Trinajstić information content (AvgIpc) is 2.39. The van der Waals surface area contributed by atoms with Crippen molar-refractivity contribution in [2.45, 2.75) is 0 Å². The van der Waals surface area contributed by atoms with E-state index in [0.717, 1.165) is 16.5 Å². The maximum atomic E-state index is 10.0. The summed E-state index contributed by atoms with van der Waals surface area (Å²) in [6.07, 6.45) is 1.70. The van der Waals surface area contributed by atoms with Crippen LogP contribution in [0.2, 0.25) is 0 Å². The van der Waals surface area contributed by atoms with Gasteiger partial charge in [-0.1, -0.05) is 6.07 Å². The molecule has 0 amide bonds. The molecule has 18 heavy (non-hydrogen) atoms. The second kappa shape index (κ2) is 4.11. The van der Waals surface area contributed by atoms with Gasteiger partial charge in [-0.25, -0.2) is 0 Å². The van der Waals surface area contributed by atoms with Gasteiger partial charge in [-0.05, 0) is 24.3 Å². The lowest BCUT2D eigenvalue weighted by Gasteiger charge is -2.05. The van der Waals surface area contributed by atoms with E-state index >= 15 is 0 Å². The third-order valence-electron chi connectivity index (χ3n) is 2.79. The predicted octanol–water partition coefficient (Wildman–Crippen LogP) is 0.656. The van der Waals surface area contributed by atoms with Crippen LogP contribution in [0, 0.1) is 0 Å². The lowest BCUT2D eigenvalue weighted by atomic mass is 10.0. The van der Waals surface area contributed by atoms with E-state index < -0.39 is 0 Å². The Morgan fingerprint density at radius 3 is 2.72 bits per heavy atom. The summed E-state index contributed by atoms with van der Waals surface area (Å²) >= 11 is 0. The van der Waals surface area contributed by atoms with Gasteiger partial charge in [0, 0.05) is 28.8 Å². The van der Waals surface area contributed by atoms with E-state index in [1.165, 1.54) is 0 Å². The van der Waals surface area contributed by atoms with E-state index in [1.54, 1.807) is 12.3 Å². The van der Waals surface area contributed by atoms with E-state index in [1.807, 2.05) is 38.2 Å². The molecule has 0 saturated heterocycles. The molecule has 1 N–H and O–H groups in total. The minimum absolute atomic E-state index is 0.166. The molecule has 0 radical (unpaired) electrons. The molecule has 0 aliphatic carbocycles. The fourth-order valence-electron chi connectivity index (χ4n) is 1.86. The van der Waals surface area contributed by atoms with Crippen molar-refractivity contribution in [2.75, 3.05) is 0 Å². The second-order valence-electron chi connectivity index (χ2n) is 4.13. The van der Waals surface area contributed by atoms with Gasteiger partial charge < -0.3 is 5.11 Å². The first kappa shape index (κ1) is 10.7. The van der Waals surface area contributed by atoms with Crippen LogP contribution in [-0.2, 0) is 0 Å². The maximum absolute atomic E-state index is 10.0. The van der Waals surface area contributed by atoms with E-state index in [4.69, 9.17) is 0 Å². The molecule has 3 rings (SSSR count). The Morgan fingerprint density at radius 2 is 1.94 bits per heavy atom. The summed E-state index contributed by atoms with van der Waals surface area (Å²) in [6.45, 7) is 0. The van der Waals surface area contributed by atoms with Crippen LogP contribution < -0.4 is 5.59 Å². The molecular formula is C13H10BN3O. The lowest BCUT2D eigenvalue weighted by molar-refractivity contribution is 0.477. The molecule has 0 fully saturated rings. The van der Waals surface area contributed by atoms with Gasteiger partial charge in [-0.3, -0.25) is 4.98 Å². The van der Waals surface area contributed by atoms with Crippen LogP contribution in [0.5, 0.6) is 5.75 Å². The molecule has 0 unspecified atom stereocenters. The molecule has 0 saturated carbocycles. The summed E-state index contributed by atoms with van der Waals surface area (Å²) < 4.78 is 0. The minimum Gasteiger partial charge on any atom is -0.507 e. The van der Waals surface area contributed by atoms with Gasteiger partial charge in [0.1, 0.15) is 5.75 Å². The quantitative estimate of drug-likeness (QED) is 0.629. The maximum Gasteiger partial charge on any atom is 0.166 e. The smallest absolute Gasteiger partial charge is 0.166 e. The summed E-state index contributed by atoms with van der Waals surface area (Å²) in [5.74, 6) is 0.166. The molecule has 1 aromatic carbocycles. The molecule has 4 nitrogen and oxygen atoms in total. The topological polar surface area (TPSA) is 58.9 Å². The Labute approximate surface area is 105 Å². The first-order valence-electron chi connectivity index (χ1n) is 5.62. The molecule has 0 aliphatic rings. The summed E-state index contributed by atoms with van der Waals surface area (Å²) in [6, 6.07) is 11.1. The van der Waals surface area contributed by atoms with Crippen molar-refractivity contribution < 1.29 is 5.11 Å². The monoisotopic (exact) mass is 235 g/mol. The zero-order valence-electron chi connectivity index (χ0n) is 9.83. The summed E-state index contributed by atoms with van der Waals surface area (Å²) in [5.41, 5.74) is 2.94. The van der Waals surface area contributed by atoms with Crippen molar-refractivity contribution in [2.24, 2.45) is 0 Å². The lowest BCUT2D eigenvalue weighted by Crippen LogP contribution is -2.09. The molecule has 86 valence electrons. The first-order valence-corrected chi connectivity index (χ1v) is 5.62. The molecule has 2 heterocycles. The van der Waals surface area contributed by atoms with E-state index in [-0.39, 0.29) is 5.75 Å². The number of fused-ring (bicyclic) bond motifs is 1. The molecule has 0 aliphatic heterocycles. The van der Waals surface area contributed by atoms with Crippen LogP contribution >= 0.6 is 0 Å². The van der Waals surface area contributed by atoms with Crippen LogP contribution in [-0.4, -0.2) is 28.1 Å². The van der Waals surface area contributed by atoms with Crippen LogP contribution in [0.25, 0.3) is 22.2 Å². The average molecular weight is 235 g/mol. The molecule has 2 aromatic heterocycles. The SMILES string of the molecule is Bc1ccc(-c2cc3cccnc3cc2O)nn1. The highest BCUT2D eigenvalue weighted by Gasteiger charge is 2.08. The van der Waals surface area contributed by atoms with Gasteiger partial charge >= 0.3 is 0 Å². The Hall–Kier alpha value is -2.43. The third kappa shape index (κ3) is 1.80. The zero-order valence-corrected chi connectivity index (χ0v) is 9.83. The van der Waals surface area contributed by atoms with E-state index in [9.17, 15) is 5.11 Å². The van der Waals surface area contributed by atoms with Gasteiger partial charge in [-0.15, -0.1) is 0 Å². The van der Waals surface area contributed by atoms with Crippen molar-refractivity contribution in [3.8, 4) is 17.0 Å². The largest absolute Gasteiger partial charge is 0.507 e. The first-order chi connectivity index (χ1) is 8.74. The normalized spacial score (nSPS) is 10.7. The van der Waals surface area contributed by atoms with Gasteiger partial charge in [0.25, 0.3) is 0 Å². The van der Waals surface area contributed by atoms with Crippen LogP contribution in [0.15, 0.2) is 42.6 Å². The minimum atomic E-state index is 0.166. The fraction of sp³-hybridized carbons (Fsp3) is 0. The highest BCUT2D eigenvalue weighted by Crippen LogP contribution is 2.30. The number of hydrogen-bond donors (Lipinski definition) is 1.